The van der Waals surface area contributed by atoms with Gasteiger partial charge in [-0.3, -0.25) is 4.79 Å². The molecule has 33 heavy (non-hydrogen) atoms. The van der Waals surface area contributed by atoms with Gasteiger partial charge in [0.1, 0.15) is 11.0 Å². The van der Waals surface area contributed by atoms with Gasteiger partial charge in [-0.2, -0.15) is 0 Å². The van der Waals surface area contributed by atoms with Crippen LogP contribution in [0.5, 0.6) is 5.75 Å². The van der Waals surface area contributed by atoms with Crippen molar-refractivity contribution in [1.29, 1.82) is 0 Å². The predicted octanol–water partition coefficient (Wildman–Crippen LogP) is 6.22. The number of hydrogen-bond acceptors (Lipinski definition) is 6. The van der Waals surface area contributed by atoms with Gasteiger partial charge >= 0.3 is 0 Å². The highest BCUT2D eigenvalue weighted by atomic mass is 32.2. The van der Waals surface area contributed by atoms with Crippen molar-refractivity contribution >= 4 is 23.4 Å². The fourth-order valence-electron chi connectivity index (χ4n) is 3.30. The van der Waals surface area contributed by atoms with Gasteiger partial charge in [0.25, 0.3) is 5.22 Å². The van der Waals surface area contributed by atoms with Crippen molar-refractivity contribution in [2.24, 2.45) is 0 Å². The largest absolute Gasteiger partial charge is 0.492 e. The molecule has 0 fully saturated rings. The number of aromatic nitrogens is 2. The van der Waals surface area contributed by atoms with E-state index in [0.29, 0.717) is 29.2 Å². The molecule has 0 saturated heterocycles. The second-order valence-corrected chi connectivity index (χ2v) is 8.56. The van der Waals surface area contributed by atoms with Crippen LogP contribution in [0.1, 0.15) is 28.9 Å². The number of carbonyl (C=O) groups excluding carboxylic acids is 1. The molecule has 0 bridgehead atoms. The van der Waals surface area contributed by atoms with Gasteiger partial charge in [-0.25, -0.2) is 0 Å². The molecule has 0 aliphatic carbocycles. The highest BCUT2D eigenvalue weighted by Gasteiger charge is 2.26. The number of ether oxygens (including phenoxy) is 1. The molecule has 7 heteroatoms. The highest BCUT2D eigenvalue weighted by molar-refractivity contribution is 8.00. The zero-order valence-electron chi connectivity index (χ0n) is 18.7. The van der Waals surface area contributed by atoms with Crippen LogP contribution in [0.4, 0.5) is 5.69 Å². The monoisotopic (exact) mass is 459 g/mol. The van der Waals surface area contributed by atoms with E-state index in [1.165, 1.54) is 17.3 Å². The summed E-state index contributed by atoms with van der Waals surface area (Å²) < 4.78 is 11.6. The van der Waals surface area contributed by atoms with Gasteiger partial charge in [-0.05, 0) is 73.5 Å². The molecule has 168 valence electrons. The Morgan fingerprint density at radius 3 is 2.52 bits per heavy atom. The van der Waals surface area contributed by atoms with E-state index >= 15 is 0 Å². The second-order valence-electron chi connectivity index (χ2n) is 7.50. The van der Waals surface area contributed by atoms with Crippen molar-refractivity contribution in [3.05, 3.63) is 89.5 Å². The van der Waals surface area contributed by atoms with Crippen molar-refractivity contribution in [3.8, 4) is 17.2 Å². The van der Waals surface area contributed by atoms with E-state index in [1.807, 2.05) is 86.6 Å². The third-order valence-electron chi connectivity index (χ3n) is 5.16. The van der Waals surface area contributed by atoms with Crippen LogP contribution >= 0.6 is 11.8 Å². The van der Waals surface area contributed by atoms with Gasteiger partial charge in [0.05, 0.1) is 12.3 Å². The molecule has 0 saturated carbocycles. The van der Waals surface area contributed by atoms with Crippen LogP contribution in [0.3, 0.4) is 0 Å². The summed E-state index contributed by atoms with van der Waals surface area (Å²) in [4.78, 5) is 13.4. The first-order valence-corrected chi connectivity index (χ1v) is 11.6. The molecule has 1 N–H and O–H groups in total. The normalized spacial score (nSPS) is 11.7. The fraction of sp³-hybridized carbons (Fsp3) is 0.192. The minimum Gasteiger partial charge on any atom is -0.492 e. The number of aryl methyl sites for hydroxylation is 2. The van der Waals surface area contributed by atoms with E-state index in [1.54, 1.807) is 0 Å². The van der Waals surface area contributed by atoms with E-state index in [0.717, 1.165) is 16.7 Å². The maximum absolute atomic E-state index is 13.4. The lowest BCUT2D eigenvalue weighted by Crippen LogP contribution is -2.19. The van der Waals surface area contributed by atoms with Crippen LogP contribution in [0, 0.1) is 13.8 Å². The van der Waals surface area contributed by atoms with Crippen LogP contribution in [0.15, 0.2) is 82.4 Å². The number of nitrogens with one attached hydrogen (secondary N) is 1. The molecule has 1 aromatic heterocycles. The first kappa shape index (κ1) is 22.6. The molecular weight excluding hydrogens is 434 g/mol. The third kappa shape index (κ3) is 5.43. The lowest BCUT2D eigenvalue weighted by molar-refractivity contribution is -0.115. The average Bonchev–Trinajstić information content (AvgIpc) is 3.30. The quantitative estimate of drug-likeness (QED) is 0.315. The zero-order valence-corrected chi connectivity index (χ0v) is 19.6. The van der Waals surface area contributed by atoms with Gasteiger partial charge in [0, 0.05) is 5.56 Å². The number of hydrogen-bond donors (Lipinski definition) is 1. The van der Waals surface area contributed by atoms with E-state index in [9.17, 15) is 4.79 Å². The lowest BCUT2D eigenvalue weighted by Gasteiger charge is -2.17. The van der Waals surface area contributed by atoms with Crippen molar-refractivity contribution in [2.75, 3.05) is 11.9 Å². The summed E-state index contributed by atoms with van der Waals surface area (Å²) in [5, 5.41) is 11.1. The van der Waals surface area contributed by atoms with E-state index in [4.69, 9.17) is 9.15 Å². The molecule has 0 aliphatic heterocycles. The molecule has 1 amide bonds. The maximum atomic E-state index is 13.4. The summed E-state index contributed by atoms with van der Waals surface area (Å²) in [6.07, 6.45) is 0. The molecule has 1 atom stereocenters. The molecule has 1 heterocycles. The Hall–Kier alpha value is -3.58. The molecular formula is C26H25N3O3S. The maximum Gasteiger partial charge on any atom is 0.277 e. The van der Waals surface area contributed by atoms with E-state index in [2.05, 4.69) is 22.4 Å². The van der Waals surface area contributed by atoms with Crippen molar-refractivity contribution in [1.82, 2.24) is 10.2 Å². The van der Waals surface area contributed by atoms with Crippen LogP contribution in [-0.2, 0) is 4.79 Å². The van der Waals surface area contributed by atoms with Crippen LogP contribution in [0.2, 0.25) is 0 Å². The number of rotatable bonds is 8. The lowest BCUT2D eigenvalue weighted by atomic mass is 10.1. The molecule has 4 rings (SSSR count). The van der Waals surface area contributed by atoms with Gasteiger partial charge in [0.15, 0.2) is 0 Å². The summed E-state index contributed by atoms with van der Waals surface area (Å²) in [6, 6.07) is 22.9. The molecule has 0 aliphatic rings. The summed E-state index contributed by atoms with van der Waals surface area (Å²) in [5.41, 5.74) is 4.64. The Labute approximate surface area is 197 Å². The van der Waals surface area contributed by atoms with E-state index in [-0.39, 0.29) is 5.91 Å². The van der Waals surface area contributed by atoms with Crippen LogP contribution in [-0.4, -0.2) is 22.7 Å². The van der Waals surface area contributed by atoms with Gasteiger partial charge in [0.2, 0.25) is 11.8 Å². The number of benzene rings is 3. The van der Waals surface area contributed by atoms with Gasteiger partial charge in [-0.15, -0.1) is 10.2 Å². The molecule has 0 unspecified atom stereocenters. The minimum atomic E-state index is -0.589. The van der Waals surface area contributed by atoms with Crippen LogP contribution < -0.4 is 10.1 Å². The smallest absolute Gasteiger partial charge is 0.277 e. The van der Waals surface area contributed by atoms with Gasteiger partial charge in [-0.1, -0.05) is 48.5 Å². The Bertz CT molecular complexity index is 1240. The number of carbonyl (C=O) groups is 1. The van der Waals surface area contributed by atoms with Gasteiger partial charge < -0.3 is 14.5 Å². The summed E-state index contributed by atoms with van der Waals surface area (Å²) in [7, 11) is 0. The molecule has 3 aromatic carbocycles. The average molecular weight is 460 g/mol. The summed E-state index contributed by atoms with van der Waals surface area (Å²) in [6.45, 7) is 6.51. The number of para-hydroxylation sites is 2. The standard InChI is InChI=1S/C26H25N3O3S/c1-4-31-22-13-9-8-12-21(22)27-24(30)23(19-10-6-5-7-11-19)33-26-29-28-25(32-26)20-15-14-17(2)18(3)16-20/h5-16,23H,4H2,1-3H3,(H,27,30)/t23-/m1/s1. The number of thioether (sulfide) groups is 1. The second kappa shape index (κ2) is 10.4. The fourth-order valence-corrected chi connectivity index (χ4v) is 4.18. The van der Waals surface area contributed by atoms with Crippen molar-refractivity contribution < 1.29 is 13.9 Å². The number of amides is 1. The molecule has 0 radical (unpaired) electrons. The molecule has 0 spiro atoms. The zero-order chi connectivity index (χ0) is 23.2. The van der Waals surface area contributed by atoms with Crippen molar-refractivity contribution in [2.45, 2.75) is 31.2 Å². The first-order chi connectivity index (χ1) is 16.0. The molecule has 4 aromatic rings. The minimum absolute atomic E-state index is 0.204. The van der Waals surface area contributed by atoms with Crippen molar-refractivity contribution in [3.63, 3.8) is 0 Å². The van der Waals surface area contributed by atoms with Crippen LogP contribution in [0.25, 0.3) is 11.5 Å². The Morgan fingerprint density at radius 1 is 1.00 bits per heavy atom. The summed E-state index contributed by atoms with van der Waals surface area (Å²) >= 11 is 1.22. The van der Waals surface area contributed by atoms with E-state index < -0.39 is 5.25 Å². The third-order valence-corrected chi connectivity index (χ3v) is 6.25. The predicted molar refractivity (Wildman–Crippen MR) is 130 cm³/mol. The number of nitrogens with zero attached hydrogens (tertiary/aromatic N) is 2. The number of anilines is 1. The SMILES string of the molecule is CCOc1ccccc1NC(=O)[C@H](Sc1nnc(-c2ccc(C)c(C)c2)o1)c1ccccc1. The Kier molecular flexibility index (Phi) is 7.10. The Balaban J connectivity index is 1.59. The highest BCUT2D eigenvalue weighted by Crippen LogP contribution is 2.37. The molecule has 6 nitrogen and oxygen atoms in total. The first-order valence-electron chi connectivity index (χ1n) is 10.7. The summed E-state index contributed by atoms with van der Waals surface area (Å²) in [5.74, 6) is 0.846. The Morgan fingerprint density at radius 2 is 1.76 bits per heavy atom. The topological polar surface area (TPSA) is 77.2 Å².